The first-order valence-electron chi connectivity index (χ1n) is 8.72. The summed E-state index contributed by atoms with van der Waals surface area (Å²) in [7, 11) is -4.01. The second-order valence-corrected chi connectivity index (χ2v) is 9.74. The lowest BCUT2D eigenvalue weighted by Crippen LogP contribution is -2.18. The largest absolute Gasteiger partial charge is 0.505 e. The van der Waals surface area contributed by atoms with E-state index in [0.29, 0.717) is 22.4 Å². The first kappa shape index (κ1) is 22.6. The zero-order chi connectivity index (χ0) is 22.1. The number of amidine groups is 1. The van der Waals surface area contributed by atoms with E-state index in [1.807, 2.05) is 6.07 Å². The standard InChI is InChI=1S/C21H17BrCl2N2O3S/c1-12-17(23)20(27)18(24)13(2)19(12)25-21(14-6-4-3-5-7-14)26-30(28,29)16-10-8-15(22)9-11-16/h3-11,27H,1-2H3,(H,25,26). The maximum Gasteiger partial charge on any atom is 0.284 e. The molecule has 30 heavy (non-hydrogen) atoms. The highest BCUT2D eigenvalue weighted by molar-refractivity contribution is 9.10. The monoisotopic (exact) mass is 526 g/mol. The molecule has 0 heterocycles. The van der Waals surface area contributed by atoms with E-state index in [1.54, 1.807) is 50.2 Å². The first-order valence-corrected chi connectivity index (χ1v) is 11.7. The van der Waals surface area contributed by atoms with E-state index >= 15 is 0 Å². The molecule has 0 fully saturated rings. The summed E-state index contributed by atoms with van der Waals surface area (Å²) in [5.74, 6) is -0.123. The average Bonchev–Trinajstić information content (AvgIpc) is 2.74. The Morgan fingerprint density at radius 1 is 0.967 bits per heavy atom. The maximum absolute atomic E-state index is 12.9. The number of sulfonamides is 1. The van der Waals surface area contributed by atoms with E-state index in [-0.39, 0.29) is 26.5 Å². The highest BCUT2D eigenvalue weighted by Gasteiger charge is 2.21. The zero-order valence-corrected chi connectivity index (χ0v) is 19.9. The molecule has 5 nitrogen and oxygen atoms in total. The molecule has 2 N–H and O–H groups in total. The molecule has 9 heteroatoms. The van der Waals surface area contributed by atoms with Crippen LogP contribution in [0.2, 0.25) is 10.0 Å². The highest BCUT2D eigenvalue weighted by Crippen LogP contribution is 2.42. The van der Waals surface area contributed by atoms with Gasteiger partial charge in [-0.2, -0.15) is 8.42 Å². The molecule has 3 rings (SSSR count). The van der Waals surface area contributed by atoms with Crippen molar-refractivity contribution in [2.45, 2.75) is 18.7 Å². The predicted octanol–water partition coefficient (Wildman–Crippen LogP) is 6.33. The van der Waals surface area contributed by atoms with Crippen molar-refractivity contribution < 1.29 is 13.5 Å². The topological polar surface area (TPSA) is 78.8 Å². The van der Waals surface area contributed by atoms with Crippen LogP contribution in [0.3, 0.4) is 0 Å². The van der Waals surface area contributed by atoms with Gasteiger partial charge in [0.05, 0.1) is 14.9 Å². The molecule has 0 saturated heterocycles. The molecule has 0 amide bonds. The summed E-state index contributed by atoms with van der Waals surface area (Å²) >= 11 is 15.7. The van der Waals surface area contributed by atoms with Crippen LogP contribution in [-0.2, 0) is 10.0 Å². The molecule has 0 aromatic heterocycles. The molecule has 156 valence electrons. The summed E-state index contributed by atoms with van der Waals surface area (Å²) in [5, 5.41) is 13.3. The fourth-order valence-corrected chi connectivity index (χ4v) is 4.45. The second kappa shape index (κ2) is 8.98. The first-order chi connectivity index (χ1) is 14.1. The van der Waals surface area contributed by atoms with Gasteiger partial charge in [0.1, 0.15) is 0 Å². The molecule has 0 bridgehead atoms. The number of phenolic OH excluding ortho intramolecular Hbond substituents is 1. The van der Waals surface area contributed by atoms with Crippen molar-refractivity contribution in [3.8, 4) is 5.75 Å². The van der Waals surface area contributed by atoms with Crippen LogP contribution in [0, 0.1) is 13.8 Å². The van der Waals surface area contributed by atoms with Crippen molar-refractivity contribution in [2.24, 2.45) is 4.40 Å². The van der Waals surface area contributed by atoms with Crippen LogP contribution in [0.25, 0.3) is 0 Å². The minimum absolute atomic E-state index is 0.0520. The number of anilines is 1. The summed E-state index contributed by atoms with van der Waals surface area (Å²) in [5.41, 5.74) is 2.05. The molecule has 0 aliphatic carbocycles. The lowest BCUT2D eigenvalue weighted by molar-refractivity contribution is 0.475. The minimum atomic E-state index is -4.01. The summed E-state index contributed by atoms with van der Waals surface area (Å²) in [4.78, 5) is 0.0520. The van der Waals surface area contributed by atoms with Crippen LogP contribution in [0.15, 0.2) is 68.4 Å². The summed E-state index contributed by atoms with van der Waals surface area (Å²) in [6.45, 7) is 3.39. The third kappa shape index (κ3) is 4.64. The van der Waals surface area contributed by atoms with Gasteiger partial charge in [0.15, 0.2) is 11.6 Å². The van der Waals surface area contributed by atoms with Gasteiger partial charge in [-0.25, -0.2) is 0 Å². The quantitative estimate of drug-likeness (QED) is 0.236. The Morgan fingerprint density at radius 2 is 1.50 bits per heavy atom. The molecule has 0 radical (unpaired) electrons. The van der Waals surface area contributed by atoms with E-state index < -0.39 is 10.0 Å². The lowest BCUT2D eigenvalue weighted by Gasteiger charge is -2.18. The van der Waals surface area contributed by atoms with Gasteiger partial charge in [-0.05, 0) is 49.2 Å². The average molecular weight is 528 g/mol. The van der Waals surface area contributed by atoms with Gasteiger partial charge < -0.3 is 10.4 Å². The molecule has 3 aromatic rings. The zero-order valence-electron chi connectivity index (χ0n) is 15.9. The number of nitrogens with one attached hydrogen (secondary N) is 1. The summed E-state index contributed by atoms with van der Waals surface area (Å²) < 4.78 is 30.7. The summed E-state index contributed by atoms with van der Waals surface area (Å²) in [6, 6.07) is 15.0. The molecule has 0 spiro atoms. The fraction of sp³-hybridized carbons (Fsp3) is 0.0952. The Kier molecular flexibility index (Phi) is 6.77. The molecule has 0 aliphatic rings. The van der Waals surface area contributed by atoms with Gasteiger partial charge in [0.25, 0.3) is 10.0 Å². The van der Waals surface area contributed by atoms with Crippen molar-refractivity contribution >= 4 is 60.7 Å². The Balaban J connectivity index is 2.17. The number of hydrogen-bond acceptors (Lipinski definition) is 3. The third-order valence-electron chi connectivity index (χ3n) is 4.44. The molecule has 0 saturated carbocycles. The molecule has 0 aliphatic heterocycles. The van der Waals surface area contributed by atoms with Crippen molar-refractivity contribution in [2.75, 3.05) is 5.32 Å². The van der Waals surface area contributed by atoms with E-state index in [4.69, 9.17) is 23.2 Å². The number of benzene rings is 3. The van der Waals surface area contributed by atoms with E-state index in [9.17, 15) is 13.5 Å². The minimum Gasteiger partial charge on any atom is -0.505 e. The van der Waals surface area contributed by atoms with Crippen molar-refractivity contribution in [3.63, 3.8) is 0 Å². The normalized spacial score (nSPS) is 12.1. The Morgan fingerprint density at radius 3 is 2.03 bits per heavy atom. The highest BCUT2D eigenvalue weighted by atomic mass is 79.9. The number of nitrogens with zero attached hydrogens (tertiary/aromatic N) is 1. The van der Waals surface area contributed by atoms with Crippen molar-refractivity contribution in [3.05, 3.63) is 85.8 Å². The number of aromatic hydroxyl groups is 1. The van der Waals surface area contributed by atoms with Crippen LogP contribution in [0.5, 0.6) is 5.75 Å². The van der Waals surface area contributed by atoms with Gasteiger partial charge in [-0.3, -0.25) is 0 Å². The van der Waals surface area contributed by atoms with Crippen LogP contribution < -0.4 is 5.32 Å². The number of rotatable bonds is 4. The number of hydrogen-bond donors (Lipinski definition) is 2. The van der Waals surface area contributed by atoms with E-state index in [0.717, 1.165) is 4.47 Å². The molecular formula is C21H17BrCl2N2O3S. The van der Waals surface area contributed by atoms with Gasteiger partial charge in [0.2, 0.25) is 0 Å². The Hall–Kier alpha value is -2.06. The number of halogens is 3. The summed E-state index contributed by atoms with van der Waals surface area (Å²) in [6.07, 6.45) is 0. The van der Waals surface area contributed by atoms with Crippen LogP contribution in [-0.4, -0.2) is 19.4 Å². The van der Waals surface area contributed by atoms with Gasteiger partial charge in [-0.1, -0.05) is 69.5 Å². The Labute approximate surface area is 193 Å². The predicted molar refractivity (Wildman–Crippen MR) is 126 cm³/mol. The fourth-order valence-electron chi connectivity index (χ4n) is 2.78. The van der Waals surface area contributed by atoms with Gasteiger partial charge in [0, 0.05) is 15.7 Å². The van der Waals surface area contributed by atoms with E-state index in [2.05, 4.69) is 25.6 Å². The third-order valence-corrected chi connectivity index (χ3v) is 7.18. The van der Waals surface area contributed by atoms with Crippen LogP contribution in [0.1, 0.15) is 16.7 Å². The number of phenols is 1. The van der Waals surface area contributed by atoms with Crippen molar-refractivity contribution in [1.29, 1.82) is 0 Å². The lowest BCUT2D eigenvalue weighted by atomic mass is 10.1. The molecule has 0 unspecified atom stereocenters. The van der Waals surface area contributed by atoms with E-state index in [1.165, 1.54) is 12.1 Å². The maximum atomic E-state index is 12.9. The SMILES string of the molecule is Cc1c(Cl)c(O)c(Cl)c(C)c1NC(=NS(=O)(=O)c1ccc(Br)cc1)c1ccccc1. The van der Waals surface area contributed by atoms with Gasteiger partial charge in [-0.15, -0.1) is 4.40 Å². The second-order valence-electron chi connectivity index (χ2n) is 6.46. The molecule has 3 aromatic carbocycles. The van der Waals surface area contributed by atoms with Crippen molar-refractivity contribution in [1.82, 2.24) is 0 Å². The van der Waals surface area contributed by atoms with Crippen LogP contribution in [0.4, 0.5) is 5.69 Å². The van der Waals surface area contributed by atoms with Crippen LogP contribution >= 0.6 is 39.1 Å². The molecular weight excluding hydrogens is 511 g/mol. The molecule has 0 atom stereocenters. The van der Waals surface area contributed by atoms with Gasteiger partial charge >= 0.3 is 0 Å². The Bertz CT molecular complexity index is 1200. The smallest absolute Gasteiger partial charge is 0.284 e.